The fourth-order valence-corrected chi connectivity index (χ4v) is 1.35. The minimum atomic E-state index is -0.0848. The number of nitrogens with one attached hydrogen (secondary N) is 1. The lowest BCUT2D eigenvalue weighted by molar-refractivity contribution is 0.483. The van der Waals surface area contributed by atoms with Crippen molar-refractivity contribution in [2.75, 3.05) is 13.1 Å². The number of rotatable bonds is 10. The first-order valence-electron chi connectivity index (χ1n) is 5.66. The largest absolute Gasteiger partial charge is 0.330 e. The van der Waals surface area contributed by atoms with Gasteiger partial charge in [-0.15, -0.1) is 0 Å². The molecule has 3 heteroatoms. The van der Waals surface area contributed by atoms with Gasteiger partial charge in [-0.25, -0.2) is 0 Å². The molecule has 83 valence electrons. The third-order valence-corrected chi connectivity index (χ3v) is 2.26. The predicted octanol–water partition coefficient (Wildman–Crippen LogP) is 1.37. The number of nitrogens with two attached hydrogens (primary N) is 1. The van der Waals surface area contributed by atoms with Crippen LogP contribution < -0.4 is 11.1 Å². The molecule has 0 spiro atoms. The summed E-state index contributed by atoms with van der Waals surface area (Å²) >= 11 is 0. The quantitative estimate of drug-likeness (QED) is 0.523. The van der Waals surface area contributed by atoms with E-state index in [1.807, 2.05) is 6.29 Å². The minimum absolute atomic E-state index is 0.0848. The highest BCUT2D eigenvalue weighted by Gasteiger charge is 2.05. The number of hydrogen-bond acceptors (Lipinski definition) is 3. The van der Waals surface area contributed by atoms with Crippen molar-refractivity contribution in [1.29, 1.82) is 0 Å². The Morgan fingerprint density at radius 1 is 1.29 bits per heavy atom. The highest BCUT2D eigenvalue weighted by Crippen LogP contribution is 1.99. The molecule has 1 radical (unpaired) electrons. The molecule has 1 atom stereocenters. The average molecular weight is 199 g/mol. The molecule has 14 heavy (non-hydrogen) atoms. The molecular formula is C11H23N2O. The second-order valence-corrected chi connectivity index (χ2v) is 3.62. The van der Waals surface area contributed by atoms with Crippen LogP contribution in [-0.2, 0) is 4.79 Å². The third kappa shape index (κ3) is 8.20. The van der Waals surface area contributed by atoms with Crippen LogP contribution in [0.2, 0.25) is 0 Å². The van der Waals surface area contributed by atoms with Gasteiger partial charge in [0.05, 0.1) is 6.04 Å². The molecule has 0 saturated carbocycles. The topological polar surface area (TPSA) is 55.1 Å². The highest BCUT2D eigenvalue weighted by atomic mass is 16.1. The molecule has 0 aliphatic carbocycles. The standard InChI is InChI=1S/C11H23N2O/c1-2-3-6-9-13-11(10-14)7-4-5-8-12/h11,13H,2-9,12H2,1H3/t11-/m0/s1. The lowest BCUT2D eigenvalue weighted by Crippen LogP contribution is -2.31. The van der Waals surface area contributed by atoms with Crippen molar-refractivity contribution in [3.63, 3.8) is 0 Å². The molecule has 0 aromatic heterocycles. The van der Waals surface area contributed by atoms with Gasteiger partial charge in [0, 0.05) is 0 Å². The Bertz CT molecular complexity index is 128. The van der Waals surface area contributed by atoms with E-state index in [-0.39, 0.29) is 6.04 Å². The maximum absolute atomic E-state index is 10.5. The van der Waals surface area contributed by atoms with Gasteiger partial charge in [-0.05, 0) is 32.4 Å². The zero-order valence-electron chi connectivity index (χ0n) is 9.22. The summed E-state index contributed by atoms with van der Waals surface area (Å²) in [5, 5.41) is 3.20. The monoisotopic (exact) mass is 199 g/mol. The lowest BCUT2D eigenvalue weighted by atomic mass is 10.1. The molecule has 0 aliphatic heterocycles. The molecule has 0 aromatic rings. The van der Waals surface area contributed by atoms with Crippen molar-refractivity contribution in [1.82, 2.24) is 5.32 Å². The van der Waals surface area contributed by atoms with Crippen molar-refractivity contribution in [3.8, 4) is 0 Å². The van der Waals surface area contributed by atoms with E-state index in [1.54, 1.807) is 0 Å². The molecule has 0 heterocycles. The van der Waals surface area contributed by atoms with Crippen LogP contribution in [-0.4, -0.2) is 25.4 Å². The van der Waals surface area contributed by atoms with E-state index < -0.39 is 0 Å². The van der Waals surface area contributed by atoms with Crippen molar-refractivity contribution < 1.29 is 4.79 Å². The van der Waals surface area contributed by atoms with E-state index in [0.29, 0.717) is 6.54 Å². The van der Waals surface area contributed by atoms with Gasteiger partial charge in [-0.1, -0.05) is 26.2 Å². The summed E-state index contributed by atoms with van der Waals surface area (Å²) in [6.45, 7) is 3.81. The first-order chi connectivity index (χ1) is 6.85. The van der Waals surface area contributed by atoms with E-state index in [2.05, 4.69) is 12.2 Å². The van der Waals surface area contributed by atoms with E-state index in [0.717, 1.165) is 32.2 Å². The average Bonchev–Trinajstić information content (AvgIpc) is 2.22. The number of carbonyl (C=O) groups excluding carboxylic acids is 1. The Labute approximate surface area is 87.4 Å². The van der Waals surface area contributed by atoms with Crippen LogP contribution in [0.4, 0.5) is 0 Å². The van der Waals surface area contributed by atoms with Crippen LogP contribution in [0, 0.1) is 0 Å². The maximum atomic E-state index is 10.5. The summed E-state index contributed by atoms with van der Waals surface area (Å²) in [7, 11) is 0. The summed E-state index contributed by atoms with van der Waals surface area (Å²) in [6.07, 6.45) is 8.49. The first-order valence-corrected chi connectivity index (χ1v) is 5.66. The van der Waals surface area contributed by atoms with Crippen LogP contribution in [0.5, 0.6) is 0 Å². The molecule has 0 bridgehead atoms. The van der Waals surface area contributed by atoms with Crippen molar-refractivity contribution in [2.24, 2.45) is 5.73 Å². The summed E-state index contributed by atoms with van der Waals surface area (Å²) in [5.74, 6) is 0. The summed E-state index contributed by atoms with van der Waals surface area (Å²) in [5.41, 5.74) is 5.38. The number of unbranched alkanes of at least 4 members (excludes halogenated alkanes) is 3. The fourth-order valence-electron chi connectivity index (χ4n) is 1.35. The zero-order chi connectivity index (χ0) is 10.6. The van der Waals surface area contributed by atoms with Gasteiger partial charge in [-0.2, -0.15) is 0 Å². The second-order valence-electron chi connectivity index (χ2n) is 3.62. The van der Waals surface area contributed by atoms with Crippen molar-refractivity contribution >= 4 is 6.29 Å². The Kier molecular flexibility index (Phi) is 10.4. The van der Waals surface area contributed by atoms with Gasteiger partial charge in [-0.3, -0.25) is 4.79 Å². The van der Waals surface area contributed by atoms with E-state index in [4.69, 9.17) is 5.73 Å². The van der Waals surface area contributed by atoms with Gasteiger partial charge in [0.25, 0.3) is 0 Å². The summed E-state index contributed by atoms with van der Waals surface area (Å²) < 4.78 is 0. The van der Waals surface area contributed by atoms with Gasteiger partial charge >= 0.3 is 0 Å². The Morgan fingerprint density at radius 3 is 2.64 bits per heavy atom. The molecule has 3 N–H and O–H groups in total. The Balaban J connectivity index is 3.33. The molecule has 0 unspecified atom stereocenters. The van der Waals surface area contributed by atoms with Crippen LogP contribution in [0.3, 0.4) is 0 Å². The van der Waals surface area contributed by atoms with Crippen LogP contribution in [0.25, 0.3) is 0 Å². The molecule has 0 aromatic carbocycles. The maximum Gasteiger partial charge on any atom is 0.216 e. The van der Waals surface area contributed by atoms with Crippen LogP contribution in [0.1, 0.15) is 45.4 Å². The van der Waals surface area contributed by atoms with E-state index in [9.17, 15) is 4.79 Å². The molecule has 0 amide bonds. The first kappa shape index (κ1) is 13.6. The predicted molar refractivity (Wildman–Crippen MR) is 59.9 cm³/mol. The van der Waals surface area contributed by atoms with Crippen molar-refractivity contribution in [3.05, 3.63) is 0 Å². The SMILES string of the molecule is CCCCCN[C@H]([C]=O)CCCCN. The van der Waals surface area contributed by atoms with Gasteiger partial charge in [0.2, 0.25) is 6.29 Å². The Morgan fingerprint density at radius 2 is 2.07 bits per heavy atom. The summed E-state index contributed by atoms with van der Waals surface area (Å²) in [4.78, 5) is 10.5. The molecular weight excluding hydrogens is 176 g/mol. The molecule has 0 aliphatic rings. The molecule has 0 saturated heterocycles. The van der Waals surface area contributed by atoms with Gasteiger partial charge < -0.3 is 11.1 Å². The third-order valence-electron chi connectivity index (χ3n) is 2.26. The Hall–Kier alpha value is -0.410. The molecule has 3 nitrogen and oxygen atoms in total. The molecule has 0 rings (SSSR count). The van der Waals surface area contributed by atoms with Gasteiger partial charge in [0.15, 0.2) is 0 Å². The van der Waals surface area contributed by atoms with E-state index in [1.165, 1.54) is 12.8 Å². The molecule has 0 fully saturated rings. The van der Waals surface area contributed by atoms with Crippen LogP contribution in [0.15, 0.2) is 0 Å². The zero-order valence-corrected chi connectivity index (χ0v) is 9.22. The smallest absolute Gasteiger partial charge is 0.216 e. The van der Waals surface area contributed by atoms with Crippen LogP contribution >= 0.6 is 0 Å². The minimum Gasteiger partial charge on any atom is -0.330 e. The lowest BCUT2D eigenvalue weighted by Gasteiger charge is -2.10. The second kappa shape index (κ2) is 10.7. The number of hydrogen-bond donors (Lipinski definition) is 2. The summed E-state index contributed by atoms with van der Waals surface area (Å²) in [6, 6.07) is -0.0848. The van der Waals surface area contributed by atoms with E-state index >= 15 is 0 Å². The fraction of sp³-hybridized carbons (Fsp3) is 0.909. The van der Waals surface area contributed by atoms with Crippen molar-refractivity contribution in [2.45, 2.75) is 51.5 Å². The highest BCUT2D eigenvalue weighted by molar-refractivity contribution is 5.58. The van der Waals surface area contributed by atoms with Gasteiger partial charge in [0.1, 0.15) is 0 Å². The normalized spacial score (nSPS) is 12.7.